The van der Waals surface area contributed by atoms with Gasteiger partial charge in [0.25, 0.3) is 0 Å². The second kappa shape index (κ2) is 81.6. The van der Waals surface area contributed by atoms with Crippen LogP contribution in [0.25, 0.3) is 0 Å². The second-order valence-electron chi connectivity index (χ2n) is 32.5. The highest BCUT2D eigenvalue weighted by Crippen LogP contribution is 2.45. The minimum Gasteiger partial charge on any atom is -0.462 e. The first-order valence-electron chi connectivity index (χ1n) is 46.1. The smallest absolute Gasteiger partial charge is 0.462 e. The summed E-state index contributed by atoms with van der Waals surface area (Å²) in [5.74, 6) is -1.39. The summed E-state index contributed by atoms with van der Waals surface area (Å²) in [6.07, 6.45) is 76.6. The van der Waals surface area contributed by atoms with Crippen LogP contribution in [-0.4, -0.2) is 96.7 Å². The first kappa shape index (κ1) is 106. The van der Waals surface area contributed by atoms with Crippen LogP contribution in [0.1, 0.15) is 484 Å². The predicted octanol–water partition coefficient (Wildman–Crippen LogP) is 27.5. The number of unbranched alkanes of at least 4 members (excludes halogenated alkanes) is 61. The number of phosphoric acid groups is 2. The van der Waals surface area contributed by atoms with Crippen molar-refractivity contribution in [1.82, 2.24) is 0 Å². The third kappa shape index (κ3) is 82.1. The Balaban J connectivity index is 5.22. The van der Waals surface area contributed by atoms with E-state index in [2.05, 4.69) is 34.6 Å². The van der Waals surface area contributed by atoms with Crippen molar-refractivity contribution < 1.29 is 80.2 Å². The van der Waals surface area contributed by atoms with Crippen LogP contribution in [0.3, 0.4) is 0 Å². The summed E-state index contributed by atoms with van der Waals surface area (Å²) >= 11 is 0. The molecule has 19 heteroatoms. The fourth-order valence-corrected chi connectivity index (χ4v) is 15.6. The normalized spacial score (nSPS) is 13.7. The molecule has 2 unspecified atom stereocenters. The third-order valence-electron chi connectivity index (χ3n) is 21.0. The molecule has 0 aromatic carbocycles. The lowest BCUT2D eigenvalue weighted by Gasteiger charge is -2.21. The molecule has 0 aliphatic rings. The van der Waals surface area contributed by atoms with E-state index in [4.69, 9.17) is 37.0 Å². The Hall–Kier alpha value is -1.94. The summed E-state index contributed by atoms with van der Waals surface area (Å²) < 4.78 is 69.0. The lowest BCUT2D eigenvalue weighted by Crippen LogP contribution is -2.30. The molecule has 0 aromatic heterocycles. The molecule has 0 fully saturated rings. The highest BCUT2D eigenvalue weighted by molar-refractivity contribution is 7.47. The number of carbonyl (C=O) groups is 4. The molecule has 0 amide bonds. The zero-order valence-electron chi connectivity index (χ0n) is 71.0. The van der Waals surface area contributed by atoms with Crippen LogP contribution in [0.2, 0.25) is 0 Å². The van der Waals surface area contributed by atoms with Gasteiger partial charge in [-0.3, -0.25) is 37.3 Å². The largest absolute Gasteiger partial charge is 0.472 e. The standard InChI is InChI=1S/C89H174O17P2/c1-6-9-12-15-18-21-24-27-30-33-36-39-42-45-48-51-54-59-65-69-74-88(93)105-84(78-99-86(91)72-67-62-57-52-49-46-43-40-37-34-31-28-25-22-19-16-13-10-7-2)80-103-107(95,96)101-76-83(90)77-102-108(97,98)104-81-85(79-100-87(92)73-68-63-60-55-56-61-66-71-82(4)5)106-89(94)75-70-64-58-53-50-47-44-41-38-35-32-29-26-23-20-17-14-11-8-3/h82-85,90H,6-81H2,1-5H3,(H,95,96)(H,97,98)/t83-,84-,85-/m1/s1. The van der Waals surface area contributed by atoms with Gasteiger partial charge >= 0.3 is 39.5 Å². The van der Waals surface area contributed by atoms with Gasteiger partial charge in [-0.05, 0) is 31.6 Å². The molecule has 0 rings (SSSR count). The summed E-state index contributed by atoms with van der Waals surface area (Å²) in [6.45, 7) is 7.33. The maximum Gasteiger partial charge on any atom is 0.472 e. The zero-order chi connectivity index (χ0) is 79.0. The van der Waals surface area contributed by atoms with Gasteiger partial charge in [0.15, 0.2) is 12.2 Å². The van der Waals surface area contributed by atoms with E-state index in [9.17, 15) is 43.2 Å². The number of aliphatic hydroxyl groups excluding tert-OH is 1. The van der Waals surface area contributed by atoms with Crippen molar-refractivity contribution in [3.05, 3.63) is 0 Å². The second-order valence-corrected chi connectivity index (χ2v) is 35.4. The Morgan fingerprint density at radius 2 is 0.426 bits per heavy atom. The van der Waals surface area contributed by atoms with Crippen LogP contribution >= 0.6 is 15.6 Å². The van der Waals surface area contributed by atoms with Crippen molar-refractivity contribution in [2.24, 2.45) is 5.92 Å². The lowest BCUT2D eigenvalue weighted by molar-refractivity contribution is -0.161. The van der Waals surface area contributed by atoms with Crippen molar-refractivity contribution in [2.75, 3.05) is 39.6 Å². The summed E-state index contributed by atoms with van der Waals surface area (Å²) in [6, 6.07) is 0. The van der Waals surface area contributed by atoms with Gasteiger partial charge in [-0.2, -0.15) is 0 Å². The fraction of sp³-hybridized carbons (Fsp3) is 0.955. The van der Waals surface area contributed by atoms with Crippen molar-refractivity contribution in [1.29, 1.82) is 0 Å². The van der Waals surface area contributed by atoms with Crippen LogP contribution in [0.5, 0.6) is 0 Å². The average molecular weight is 1580 g/mol. The lowest BCUT2D eigenvalue weighted by atomic mass is 10.0. The summed E-state index contributed by atoms with van der Waals surface area (Å²) in [5, 5.41) is 10.7. The predicted molar refractivity (Wildman–Crippen MR) is 446 cm³/mol. The summed E-state index contributed by atoms with van der Waals surface area (Å²) in [7, 11) is -9.93. The first-order valence-corrected chi connectivity index (χ1v) is 49.1. The van der Waals surface area contributed by atoms with E-state index >= 15 is 0 Å². The number of carbonyl (C=O) groups excluding carboxylic acids is 4. The summed E-state index contributed by atoms with van der Waals surface area (Å²) in [4.78, 5) is 73.3. The Bertz CT molecular complexity index is 2050. The maximum absolute atomic E-state index is 13.2. The molecular formula is C89H174O17P2. The van der Waals surface area contributed by atoms with Gasteiger partial charge in [0, 0.05) is 25.7 Å². The van der Waals surface area contributed by atoms with E-state index in [1.54, 1.807) is 0 Å². The molecule has 0 radical (unpaired) electrons. The fourth-order valence-electron chi connectivity index (χ4n) is 14.0. The van der Waals surface area contributed by atoms with Crippen molar-refractivity contribution in [2.45, 2.75) is 502 Å². The van der Waals surface area contributed by atoms with E-state index in [1.807, 2.05) is 0 Å². The molecule has 0 spiro atoms. The Labute approximate surface area is 664 Å². The number of rotatable bonds is 89. The number of esters is 4. The van der Waals surface area contributed by atoms with Gasteiger partial charge in [0.2, 0.25) is 0 Å². The van der Waals surface area contributed by atoms with Crippen LogP contribution in [0.15, 0.2) is 0 Å². The molecule has 0 saturated carbocycles. The number of ether oxygens (including phenoxy) is 4. The SMILES string of the molecule is CCCCCCCCCCCCCCCCCCCCCCC(=O)O[C@H](COC(=O)CCCCCCCCCCCCCCCCCCCCC)COP(=O)(O)OC[C@@H](O)COP(=O)(O)OC[C@@H](COC(=O)CCCCCCCCCC(C)C)OC(=O)CCCCCCCCCCCCCCCCCCCCC. The molecule has 108 heavy (non-hydrogen) atoms. The molecule has 0 aliphatic heterocycles. The Morgan fingerprint density at radius 3 is 0.630 bits per heavy atom. The quantitative estimate of drug-likeness (QED) is 0.0222. The molecular weight excluding hydrogens is 1400 g/mol. The third-order valence-corrected chi connectivity index (χ3v) is 22.9. The summed E-state index contributed by atoms with van der Waals surface area (Å²) in [5.41, 5.74) is 0. The number of hydrogen-bond donors (Lipinski definition) is 3. The number of aliphatic hydroxyl groups is 1. The molecule has 642 valence electrons. The monoisotopic (exact) mass is 1580 g/mol. The van der Waals surface area contributed by atoms with Gasteiger partial charge in [0.1, 0.15) is 19.3 Å². The van der Waals surface area contributed by atoms with E-state index in [0.717, 1.165) is 96.3 Å². The first-order chi connectivity index (χ1) is 52.5. The minimum atomic E-state index is -4.97. The Kier molecular flexibility index (Phi) is 80.2. The number of hydrogen-bond acceptors (Lipinski definition) is 15. The Morgan fingerprint density at radius 1 is 0.250 bits per heavy atom. The molecule has 0 saturated heterocycles. The highest BCUT2D eigenvalue weighted by atomic mass is 31.2. The van der Waals surface area contributed by atoms with Crippen LogP contribution in [-0.2, 0) is 65.4 Å². The van der Waals surface area contributed by atoms with E-state index in [-0.39, 0.29) is 25.7 Å². The molecule has 0 aromatic rings. The molecule has 0 heterocycles. The average Bonchev–Trinajstić information content (AvgIpc) is 0.898. The highest BCUT2D eigenvalue weighted by Gasteiger charge is 2.30. The molecule has 5 atom stereocenters. The van der Waals surface area contributed by atoms with E-state index in [0.29, 0.717) is 31.6 Å². The zero-order valence-corrected chi connectivity index (χ0v) is 72.8. The molecule has 17 nitrogen and oxygen atoms in total. The van der Waals surface area contributed by atoms with Gasteiger partial charge in [0.05, 0.1) is 26.4 Å². The molecule has 0 bridgehead atoms. The van der Waals surface area contributed by atoms with Gasteiger partial charge in [-0.25, -0.2) is 9.13 Å². The van der Waals surface area contributed by atoms with Crippen molar-refractivity contribution in [3.8, 4) is 0 Å². The minimum absolute atomic E-state index is 0.108. The van der Waals surface area contributed by atoms with Crippen LogP contribution in [0.4, 0.5) is 0 Å². The topological polar surface area (TPSA) is 237 Å². The van der Waals surface area contributed by atoms with Crippen molar-refractivity contribution >= 4 is 39.5 Å². The van der Waals surface area contributed by atoms with Gasteiger partial charge in [-0.15, -0.1) is 0 Å². The molecule has 3 N–H and O–H groups in total. The van der Waals surface area contributed by atoms with Gasteiger partial charge in [-0.1, -0.05) is 433 Å². The maximum atomic E-state index is 13.2. The van der Waals surface area contributed by atoms with Crippen LogP contribution in [0, 0.1) is 5.92 Å². The number of phosphoric ester groups is 2. The van der Waals surface area contributed by atoms with Crippen LogP contribution < -0.4 is 0 Å². The van der Waals surface area contributed by atoms with Gasteiger partial charge < -0.3 is 33.8 Å². The van der Waals surface area contributed by atoms with E-state index in [1.165, 1.54) is 302 Å². The molecule has 0 aliphatic carbocycles. The van der Waals surface area contributed by atoms with E-state index < -0.39 is 97.5 Å². The van der Waals surface area contributed by atoms with Crippen molar-refractivity contribution in [3.63, 3.8) is 0 Å².